The third-order valence-corrected chi connectivity index (χ3v) is 5.60. The van der Waals surface area contributed by atoms with Crippen LogP contribution in [0, 0.1) is 4.91 Å². The average molecular weight is 435 g/mol. The molecule has 0 amide bonds. The van der Waals surface area contributed by atoms with E-state index in [1.54, 1.807) is 51.7 Å². The van der Waals surface area contributed by atoms with E-state index in [4.69, 9.17) is 19.2 Å². The number of ether oxygens (including phenoxy) is 3. The fourth-order valence-corrected chi connectivity index (χ4v) is 4.07. The van der Waals surface area contributed by atoms with Gasteiger partial charge in [0, 0.05) is 22.9 Å². The van der Waals surface area contributed by atoms with E-state index in [1.807, 2.05) is 10.6 Å². The van der Waals surface area contributed by atoms with Gasteiger partial charge in [-0.25, -0.2) is 4.98 Å². The van der Waals surface area contributed by atoms with E-state index >= 15 is 0 Å². The van der Waals surface area contributed by atoms with Gasteiger partial charge in [-0.3, -0.25) is 0 Å². The Morgan fingerprint density at radius 1 is 1.03 bits per heavy atom. The summed E-state index contributed by atoms with van der Waals surface area (Å²) in [6, 6.07) is 10.8. The van der Waals surface area contributed by atoms with Crippen LogP contribution >= 0.6 is 0 Å². The molecule has 0 aliphatic rings. The monoisotopic (exact) mass is 435 g/mol. The second-order valence-electron chi connectivity index (χ2n) is 7.39. The van der Waals surface area contributed by atoms with Crippen LogP contribution < -0.4 is 14.2 Å². The molecule has 0 saturated carbocycles. The van der Waals surface area contributed by atoms with Crippen molar-refractivity contribution in [3.05, 3.63) is 41.3 Å². The molecular formula is C24H25N3O5. The number of hydrogen-bond acceptors (Lipinski definition) is 7. The summed E-state index contributed by atoms with van der Waals surface area (Å²) in [6.07, 6.45) is 1.81. The van der Waals surface area contributed by atoms with Crippen molar-refractivity contribution in [1.82, 2.24) is 9.55 Å². The summed E-state index contributed by atoms with van der Waals surface area (Å²) in [5, 5.41) is 15.6. The molecule has 0 radical (unpaired) electrons. The summed E-state index contributed by atoms with van der Waals surface area (Å²) in [7, 11) is 4.64. The normalized spacial score (nSPS) is 11.1. The Morgan fingerprint density at radius 3 is 2.25 bits per heavy atom. The molecule has 0 unspecified atom stereocenters. The molecule has 0 saturated heterocycles. The molecule has 4 aromatic rings. The number of aromatic hydroxyl groups is 1. The minimum absolute atomic E-state index is 0.0743. The number of unbranched alkanes of at least 4 members (excludes halogenated alkanes) is 1. The van der Waals surface area contributed by atoms with Crippen molar-refractivity contribution in [1.29, 1.82) is 0 Å². The van der Waals surface area contributed by atoms with Crippen molar-refractivity contribution >= 4 is 27.5 Å². The topological polar surface area (TPSA) is 95.2 Å². The first kappa shape index (κ1) is 21.4. The van der Waals surface area contributed by atoms with Crippen LogP contribution in [0.4, 0.5) is 5.69 Å². The largest absolute Gasteiger partial charge is 0.505 e. The van der Waals surface area contributed by atoms with Gasteiger partial charge in [-0.1, -0.05) is 37.6 Å². The van der Waals surface area contributed by atoms with Gasteiger partial charge in [-0.05, 0) is 23.7 Å². The molecule has 0 aliphatic heterocycles. The molecule has 1 heterocycles. The molecule has 1 aromatic heterocycles. The number of phenols is 1. The number of benzene rings is 3. The van der Waals surface area contributed by atoms with Crippen molar-refractivity contribution in [2.75, 3.05) is 21.3 Å². The Bertz CT molecular complexity index is 1290. The molecule has 3 aromatic carbocycles. The minimum Gasteiger partial charge on any atom is -0.505 e. The van der Waals surface area contributed by atoms with Gasteiger partial charge in [0.1, 0.15) is 28.3 Å². The molecule has 0 spiro atoms. The minimum atomic E-state index is 0.0743. The number of phenolic OH excluding ortho intramolecular Hbond substituents is 1. The van der Waals surface area contributed by atoms with E-state index in [2.05, 4.69) is 12.1 Å². The maximum absolute atomic E-state index is 11.9. The number of methoxy groups -OCH3 is 3. The summed E-state index contributed by atoms with van der Waals surface area (Å²) in [5.41, 5.74) is 1.75. The maximum Gasteiger partial charge on any atom is 0.203 e. The summed E-state index contributed by atoms with van der Waals surface area (Å²) in [4.78, 5) is 16.6. The molecular weight excluding hydrogens is 410 g/mol. The van der Waals surface area contributed by atoms with Crippen molar-refractivity contribution in [3.63, 3.8) is 0 Å². The van der Waals surface area contributed by atoms with Crippen LogP contribution in [0.3, 0.4) is 0 Å². The highest BCUT2D eigenvalue weighted by molar-refractivity contribution is 6.12. The van der Waals surface area contributed by atoms with E-state index in [0.29, 0.717) is 57.0 Å². The van der Waals surface area contributed by atoms with Crippen LogP contribution in [0.1, 0.15) is 19.8 Å². The first-order chi connectivity index (χ1) is 15.6. The number of aryl methyl sites for hydroxylation is 1. The first-order valence-electron chi connectivity index (χ1n) is 10.4. The van der Waals surface area contributed by atoms with Crippen LogP contribution in [-0.2, 0) is 6.54 Å². The fourth-order valence-electron chi connectivity index (χ4n) is 4.07. The average Bonchev–Trinajstić information content (AvgIpc) is 3.21. The van der Waals surface area contributed by atoms with Crippen LogP contribution in [0.2, 0.25) is 0 Å². The van der Waals surface area contributed by atoms with Crippen molar-refractivity contribution < 1.29 is 19.3 Å². The lowest BCUT2D eigenvalue weighted by Crippen LogP contribution is -2.02. The number of aromatic nitrogens is 2. The van der Waals surface area contributed by atoms with Gasteiger partial charge in [-0.15, -0.1) is 4.91 Å². The lowest BCUT2D eigenvalue weighted by atomic mass is 10.1. The molecule has 8 heteroatoms. The molecule has 4 rings (SSSR count). The number of imidazole rings is 1. The highest BCUT2D eigenvalue weighted by Gasteiger charge is 2.24. The zero-order chi connectivity index (χ0) is 22.8. The molecule has 0 bridgehead atoms. The van der Waals surface area contributed by atoms with Crippen molar-refractivity contribution in [3.8, 4) is 34.4 Å². The second kappa shape index (κ2) is 8.74. The van der Waals surface area contributed by atoms with Crippen LogP contribution in [0.15, 0.2) is 41.6 Å². The maximum atomic E-state index is 11.9. The Morgan fingerprint density at radius 2 is 1.69 bits per heavy atom. The predicted molar refractivity (Wildman–Crippen MR) is 124 cm³/mol. The molecule has 166 valence electrons. The predicted octanol–water partition coefficient (Wildman–Crippen LogP) is 5.79. The van der Waals surface area contributed by atoms with Crippen LogP contribution in [-0.4, -0.2) is 36.0 Å². The number of hydrogen-bond donors (Lipinski definition) is 1. The third-order valence-electron chi connectivity index (χ3n) is 5.60. The molecule has 32 heavy (non-hydrogen) atoms. The Hall–Kier alpha value is -3.81. The molecule has 8 nitrogen and oxygen atoms in total. The van der Waals surface area contributed by atoms with E-state index in [9.17, 15) is 10.0 Å². The standard InChI is InChI=1S/C24H25N3O5/c1-5-6-11-27-21-20(19(26-29)15-9-7-8-10-16(15)22(21)28)25-24(27)14-12-17(30-2)23(32-4)18(13-14)31-3/h7-10,12-13,28H,5-6,11H2,1-4H3. The number of rotatable bonds is 8. The van der Waals surface area contributed by atoms with Crippen molar-refractivity contribution in [2.45, 2.75) is 26.3 Å². The lowest BCUT2D eigenvalue weighted by Gasteiger charge is -2.15. The van der Waals surface area contributed by atoms with Gasteiger partial charge in [0.15, 0.2) is 11.5 Å². The van der Waals surface area contributed by atoms with E-state index in [0.717, 1.165) is 12.8 Å². The van der Waals surface area contributed by atoms with Gasteiger partial charge in [0.25, 0.3) is 0 Å². The zero-order valence-electron chi connectivity index (χ0n) is 18.5. The third kappa shape index (κ3) is 3.28. The Labute approximate surface area is 185 Å². The highest BCUT2D eigenvalue weighted by Crippen LogP contribution is 2.46. The summed E-state index contributed by atoms with van der Waals surface area (Å²) in [6.45, 7) is 2.69. The van der Waals surface area contributed by atoms with Gasteiger partial charge in [0.05, 0.1) is 21.3 Å². The smallest absolute Gasteiger partial charge is 0.203 e. The SMILES string of the molecule is CCCCn1c(-c2cc(OC)c(OC)c(OC)c2)nc2c(N=O)c3ccccc3c(O)c21. The fraction of sp³-hybridized carbons (Fsp3) is 0.292. The van der Waals surface area contributed by atoms with Crippen LogP contribution in [0.25, 0.3) is 33.2 Å². The number of nitroso groups, excluding NO2 is 1. The second-order valence-corrected chi connectivity index (χ2v) is 7.39. The van der Waals surface area contributed by atoms with Gasteiger partial charge >= 0.3 is 0 Å². The van der Waals surface area contributed by atoms with Crippen LogP contribution in [0.5, 0.6) is 23.0 Å². The summed E-state index contributed by atoms with van der Waals surface area (Å²) >= 11 is 0. The first-order valence-corrected chi connectivity index (χ1v) is 10.4. The lowest BCUT2D eigenvalue weighted by molar-refractivity contribution is 0.324. The molecule has 0 atom stereocenters. The zero-order valence-corrected chi connectivity index (χ0v) is 18.5. The quantitative estimate of drug-likeness (QED) is 0.352. The molecule has 0 aliphatic carbocycles. The molecule has 0 fully saturated rings. The van der Waals surface area contributed by atoms with Gasteiger partial charge in [-0.2, -0.15) is 0 Å². The number of fused-ring (bicyclic) bond motifs is 2. The van der Waals surface area contributed by atoms with E-state index in [-0.39, 0.29) is 11.4 Å². The van der Waals surface area contributed by atoms with Gasteiger partial charge < -0.3 is 23.9 Å². The van der Waals surface area contributed by atoms with E-state index < -0.39 is 0 Å². The van der Waals surface area contributed by atoms with Gasteiger partial charge in [0.2, 0.25) is 5.75 Å². The molecule has 1 N–H and O–H groups in total. The van der Waals surface area contributed by atoms with E-state index in [1.165, 1.54) is 0 Å². The summed E-state index contributed by atoms with van der Waals surface area (Å²) in [5.74, 6) is 2.09. The summed E-state index contributed by atoms with van der Waals surface area (Å²) < 4.78 is 18.4. The Kier molecular flexibility index (Phi) is 5.85. The number of nitrogens with zero attached hydrogens (tertiary/aromatic N) is 3. The van der Waals surface area contributed by atoms with Crippen molar-refractivity contribution in [2.24, 2.45) is 5.18 Å². The Balaban J connectivity index is 2.11. The highest BCUT2D eigenvalue weighted by atomic mass is 16.5.